The number of nitrogen functional groups attached to an aromatic ring is 1. The molecule has 2 rings (SSSR count). The molecule has 0 aliphatic rings. The van der Waals surface area contributed by atoms with E-state index in [1.807, 2.05) is 6.92 Å². The van der Waals surface area contributed by atoms with Crippen LogP contribution >= 0.6 is 12.2 Å². The van der Waals surface area contributed by atoms with Gasteiger partial charge >= 0.3 is 0 Å². The monoisotopic (exact) mass is 457 g/mol. The van der Waals surface area contributed by atoms with Gasteiger partial charge in [-0.2, -0.15) is 14.7 Å². The Balaban J connectivity index is 2.17. The molecule has 1 aromatic heterocycles. The van der Waals surface area contributed by atoms with Crippen molar-refractivity contribution >= 4 is 29.2 Å². The first-order valence-corrected chi connectivity index (χ1v) is 11.8. The second kappa shape index (κ2) is 10.7. The third-order valence-electron chi connectivity index (χ3n) is 4.45. The molecule has 1 aromatic carbocycles. The number of nitrogens with one attached hydrogen (secondary N) is 1. The van der Waals surface area contributed by atoms with Crippen molar-refractivity contribution < 1.29 is 8.92 Å². The fourth-order valence-corrected chi connectivity index (χ4v) is 5.05. The van der Waals surface area contributed by atoms with Crippen molar-refractivity contribution in [3.05, 3.63) is 40.0 Å². The van der Waals surface area contributed by atoms with Gasteiger partial charge in [-0.15, -0.1) is 0 Å². The Hall–Kier alpha value is -2.52. The summed E-state index contributed by atoms with van der Waals surface area (Å²) in [6.45, 7) is 11.2. The van der Waals surface area contributed by atoms with E-state index in [2.05, 4.69) is 44.8 Å². The summed E-state index contributed by atoms with van der Waals surface area (Å²) >= 11 is 5.07. The first kappa shape index (κ1) is 24.7. The summed E-state index contributed by atoms with van der Waals surface area (Å²) in [5.41, 5.74) is 7.44. The first-order chi connectivity index (χ1) is 14.6. The molecule has 0 spiro atoms. The Morgan fingerprint density at radius 1 is 1.16 bits per heavy atom. The minimum absolute atomic E-state index is 0.0450. The number of aromatic nitrogens is 1. The summed E-state index contributed by atoms with van der Waals surface area (Å²) in [6.07, 6.45) is 1.04. The van der Waals surface area contributed by atoms with Crippen molar-refractivity contribution in [2.75, 3.05) is 18.1 Å². The number of rotatable bonds is 8. The Labute approximate surface area is 192 Å². The smallest absolute Gasteiger partial charge is 0.152 e. The van der Waals surface area contributed by atoms with Crippen LogP contribution in [0.15, 0.2) is 24.3 Å². The Kier molecular flexibility index (Phi) is 8.52. The Bertz CT molecular complexity index is 1040. The third kappa shape index (κ3) is 6.24. The lowest BCUT2D eigenvalue weighted by atomic mass is 9.97. The molecule has 2 unspecified atom stereocenters. The van der Waals surface area contributed by atoms with Gasteiger partial charge in [-0.25, -0.2) is 0 Å². The fourth-order valence-electron chi connectivity index (χ4n) is 2.97. The minimum atomic E-state index is -0.136. The number of H-pyrrole nitrogens is 1. The number of nitrogens with zero attached hydrogens (tertiary/aromatic N) is 2. The van der Waals surface area contributed by atoms with Crippen molar-refractivity contribution in [3.63, 3.8) is 0 Å². The fraction of sp³-hybridized carbons (Fsp3) is 0.435. The molecule has 3 N–H and O–H groups in total. The number of nitrogens with two attached hydrogens (primary N) is 1. The molecule has 0 saturated heterocycles. The third-order valence-corrected chi connectivity index (χ3v) is 7.46. The van der Waals surface area contributed by atoms with E-state index >= 15 is 0 Å². The number of hydrogen-bond donors (Lipinski definition) is 2. The summed E-state index contributed by atoms with van der Waals surface area (Å²) in [7, 11) is 0. The normalized spacial score (nSPS) is 13.1. The van der Waals surface area contributed by atoms with Gasteiger partial charge in [0.2, 0.25) is 0 Å². The topological polar surface area (TPSA) is 108 Å². The summed E-state index contributed by atoms with van der Waals surface area (Å²) in [6, 6.07) is 11.3. The summed E-state index contributed by atoms with van der Waals surface area (Å²) in [4.78, 5) is 2.71. The maximum Gasteiger partial charge on any atom is 0.152 e. The van der Waals surface area contributed by atoms with Crippen LogP contribution in [0.25, 0.3) is 11.1 Å². The van der Waals surface area contributed by atoms with E-state index in [1.54, 1.807) is 24.3 Å². The van der Waals surface area contributed by atoms with Gasteiger partial charge in [0.25, 0.3) is 0 Å². The Morgan fingerprint density at radius 3 is 2.29 bits per heavy atom. The van der Waals surface area contributed by atoms with Gasteiger partial charge in [-0.1, -0.05) is 31.3 Å². The van der Waals surface area contributed by atoms with Crippen LogP contribution in [0.4, 0.5) is 5.82 Å². The maximum atomic E-state index is 9.51. The summed E-state index contributed by atoms with van der Waals surface area (Å²) in [5, 5.41) is 19.0. The molecule has 8 heteroatoms. The molecule has 0 bridgehead atoms. The number of aromatic amines is 1. The molecule has 0 aliphatic heterocycles. The van der Waals surface area contributed by atoms with Gasteiger partial charge in [0, 0.05) is 5.56 Å². The zero-order chi connectivity index (χ0) is 23.2. The van der Waals surface area contributed by atoms with E-state index in [-0.39, 0.29) is 43.6 Å². The molecule has 0 radical (unpaired) electrons. The molecular formula is C23H29N4O2S2+. The lowest BCUT2D eigenvalue weighted by molar-refractivity contribution is 0.158. The molecule has 164 valence electrons. The molecule has 6 nitrogen and oxygen atoms in total. The van der Waals surface area contributed by atoms with Crippen LogP contribution in [-0.4, -0.2) is 28.2 Å². The van der Waals surface area contributed by atoms with E-state index in [0.717, 1.165) is 12.2 Å². The van der Waals surface area contributed by atoms with E-state index in [1.165, 1.54) is 0 Å². The van der Waals surface area contributed by atoms with Crippen LogP contribution in [0.5, 0.6) is 5.75 Å². The molecule has 0 amide bonds. The molecule has 2 aromatic rings. The molecule has 31 heavy (non-hydrogen) atoms. The zero-order valence-corrected chi connectivity index (χ0v) is 20.2. The lowest BCUT2D eigenvalue weighted by Crippen LogP contribution is -2.36. The number of ether oxygens (including phenoxy) is 1. The molecule has 2 atom stereocenters. The van der Waals surface area contributed by atoms with Gasteiger partial charge < -0.3 is 15.5 Å². The van der Waals surface area contributed by atoms with Crippen molar-refractivity contribution in [2.24, 2.45) is 0 Å². The average Bonchev–Trinajstić information content (AvgIpc) is 2.71. The van der Waals surface area contributed by atoms with Gasteiger partial charge in [0.05, 0.1) is 5.56 Å². The number of anilines is 1. The standard InChI is InChI=1S/C23H28N4O2S2/c1-6-11-31(23(3,4)5)29-15(2)14-28-17-9-7-16(8-10-17)20-18(12-24)21(26)27-22(30)19(20)13-25/h7-10,15H,6,11,14H2,1-5H3,(H2-,26,27,30)/p+1. The quantitative estimate of drug-likeness (QED) is 0.413. The molecule has 0 aliphatic carbocycles. The highest BCUT2D eigenvalue weighted by Gasteiger charge is 2.37. The van der Waals surface area contributed by atoms with Crippen molar-refractivity contribution in [1.82, 2.24) is 4.98 Å². The second-order valence-electron chi connectivity index (χ2n) is 8.12. The average molecular weight is 458 g/mol. The van der Waals surface area contributed by atoms with Crippen LogP contribution in [0.1, 0.15) is 52.2 Å². The lowest BCUT2D eigenvalue weighted by Gasteiger charge is -2.22. The number of benzene rings is 1. The van der Waals surface area contributed by atoms with Crippen molar-refractivity contribution in [2.45, 2.75) is 51.9 Å². The van der Waals surface area contributed by atoms with Gasteiger partial charge in [0.15, 0.2) is 15.9 Å². The van der Waals surface area contributed by atoms with Gasteiger partial charge in [0.1, 0.15) is 52.4 Å². The van der Waals surface area contributed by atoms with Gasteiger partial charge in [-0.3, -0.25) is 0 Å². The van der Waals surface area contributed by atoms with E-state index in [9.17, 15) is 10.5 Å². The van der Waals surface area contributed by atoms with E-state index < -0.39 is 0 Å². The Morgan fingerprint density at radius 2 is 1.77 bits per heavy atom. The summed E-state index contributed by atoms with van der Waals surface area (Å²) < 4.78 is 12.5. The van der Waals surface area contributed by atoms with Gasteiger partial charge in [-0.05, 0) is 51.8 Å². The predicted octanol–water partition coefficient (Wildman–Crippen LogP) is 5.26. The highest BCUT2D eigenvalue weighted by atomic mass is 32.2. The molecule has 1 heterocycles. The summed E-state index contributed by atoms with van der Waals surface area (Å²) in [5.74, 6) is 1.86. The zero-order valence-electron chi connectivity index (χ0n) is 18.6. The van der Waals surface area contributed by atoms with Crippen molar-refractivity contribution in [1.29, 1.82) is 10.5 Å². The van der Waals surface area contributed by atoms with Crippen LogP contribution in [0.2, 0.25) is 0 Å². The predicted molar refractivity (Wildman–Crippen MR) is 129 cm³/mol. The van der Waals surface area contributed by atoms with E-state index in [4.69, 9.17) is 26.9 Å². The molecular weight excluding hydrogens is 428 g/mol. The van der Waals surface area contributed by atoms with Crippen LogP contribution in [0.3, 0.4) is 0 Å². The largest absolute Gasteiger partial charge is 0.491 e. The van der Waals surface area contributed by atoms with Crippen molar-refractivity contribution in [3.8, 4) is 29.0 Å². The highest BCUT2D eigenvalue weighted by Crippen LogP contribution is 2.31. The van der Waals surface area contributed by atoms with Crippen LogP contribution in [0, 0.1) is 27.3 Å². The number of pyridine rings is 1. The van der Waals surface area contributed by atoms with Crippen LogP contribution < -0.4 is 10.5 Å². The SMILES string of the molecule is CCC[S+](OC(C)COc1ccc(-c2c(C#N)c(N)[nH]c(=S)c2C#N)cc1)C(C)(C)C. The molecule has 0 fully saturated rings. The highest BCUT2D eigenvalue weighted by molar-refractivity contribution is 7.93. The van der Waals surface area contributed by atoms with Crippen LogP contribution in [-0.2, 0) is 15.4 Å². The molecule has 0 saturated carbocycles. The first-order valence-electron chi connectivity index (χ1n) is 10.1. The maximum absolute atomic E-state index is 9.51. The second-order valence-corrected chi connectivity index (χ2v) is 11.0. The number of nitriles is 2. The van der Waals surface area contributed by atoms with E-state index in [0.29, 0.717) is 23.5 Å². The number of hydrogen-bond acceptors (Lipinski definition) is 6. The minimum Gasteiger partial charge on any atom is -0.491 e.